The van der Waals surface area contributed by atoms with Gasteiger partial charge in [-0.05, 0) is 26.3 Å². The Kier molecular flexibility index (Phi) is 5.16. The van der Waals surface area contributed by atoms with E-state index in [0.717, 1.165) is 22.5 Å². The van der Waals surface area contributed by atoms with Crippen molar-refractivity contribution in [2.75, 3.05) is 0 Å². The number of hydroxylamine groups is 1. The Morgan fingerprint density at radius 1 is 1.32 bits per heavy atom. The summed E-state index contributed by atoms with van der Waals surface area (Å²) in [5, 5.41) is 7.20. The Morgan fingerprint density at radius 3 is 2.59 bits per heavy atom. The van der Waals surface area contributed by atoms with Crippen LogP contribution in [0.25, 0.3) is 0 Å². The van der Waals surface area contributed by atoms with E-state index in [4.69, 9.17) is 4.84 Å². The van der Waals surface area contributed by atoms with Gasteiger partial charge in [-0.25, -0.2) is 10.3 Å². The van der Waals surface area contributed by atoms with Gasteiger partial charge in [-0.1, -0.05) is 30.3 Å². The maximum Gasteiger partial charge on any atom is 0.339 e. The molecule has 2 amide bonds. The molecular formula is C16H22N4O2. The molecule has 0 aliphatic rings. The summed E-state index contributed by atoms with van der Waals surface area (Å²) >= 11 is 0. The van der Waals surface area contributed by atoms with E-state index in [2.05, 4.69) is 15.9 Å². The SMILES string of the molecule is Cc1nn(C)c(C)c1[C@@H](C)NC(=O)NOCc1ccccc1. The highest BCUT2D eigenvalue weighted by Gasteiger charge is 2.17. The Balaban J connectivity index is 1.84. The topological polar surface area (TPSA) is 68.2 Å². The van der Waals surface area contributed by atoms with Crippen LogP contribution in [0.2, 0.25) is 0 Å². The van der Waals surface area contributed by atoms with Crippen molar-refractivity contribution in [1.82, 2.24) is 20.6 Å². The zero-order valence-electron chi connectivity index (χ0n) is 13.4. The number of carbonyl (C=O) groups excluding carboxylic acids is 1. The number of rotatable bonds is 5. The summed E-state index contributed by atoms with van der Waals surface area (Å²) in [6, 6.07) is 9.14. The molecule has 0 spiro atoms. The molecule has 0 saturated heterocycles. The minimum Gasteiger partial charge on any atom is -0.330 e. The molecule has 1 atom stereocenters. The molecule has 2 rings (SSSR count). The van der Waals surface area contributed by atoms with E-state index < -0.39 is 0 Å². The minimum absolute atomic E-state index is 0.144. The summed E-state index contributed by atoms with van der Waals surface area (Å²) < 4.78 is 1.81. The number of aromatic nitrogens is 2. The summed E-state index contributed by atoms with van der Waals surface area (Å²) in [7, 11) is 1.89. The molecule has 0 radical (unpaired) electrons. The Morgan fingerprint density at radius 2 is 2.00 bits per heavy atom. The van der Waals surface area contributed by atoms with E-state index in [1.807, 2.05) is 62.8 Å². The fourth-order valence-corrected chi connectivity index (χ4v) is 2.47. The maximum atomic E-state index is 11.9. The number of amides is 2. The standard InChI is InChI=1S/C16H22N4O2/c1-11(15-12(2)18-20(4)13(15)3)17-16(21)19-22-10-14-8-6-5-7-9-14/h5-9,11H,10H2,1-4H3,(H2,17,19,21)/t11-/m1/s1. The monoisotopic (exact) mass is 302 g/mol. The summed E-state index contributed by atoms with van der Waals surface area (Å²) in [4.78, 5) is 17.1. The molecule has 1 heterocycles. The van der Waals surface area contributed by atoms with Crippen LogP contribution in [0, 0.1) is 13.8 Å². The van der Waals surface area contributed by atoms with Gasteiger partial charge in [0.05, 0.1) is 18.3 Å². The third kappa shape index (κ3) is 3.85. The lowest BCUT2D eigenvalue weighted by Crippen LogP contribution is -2.37. The predicted molar refractivity (Wildman–Crippen MR) is 84.0 cm³/mol. The second-order valence-electron chi connectivity index (χ2n) is 5.28. The Labute approximate surface area is 130 Å². The molecule has 2 N–H and O–H groups in total. The van der Waals surface area contributed by atoms with E-state index in [-0.39, 0.29) is 12.1 Å². The molecule has 0 unspecified atom stereocenters. The van der Waals surface area contributed by atoms with Crippen LogP contribution in [0.15, 0.2) is 30.3 Å². The first-order chi connectivity index (χ1) is 10.5. The average Bonchev–Trinajstić information content (AvgIpc) is 2.73. The van der Waals surface area contributed by atoms with Gasteiger partial charge < -0.3 is 5.32 Å². The molecule has 2 aromatic rings. The fourth-order valence-electron chi connectivity index (χ4n) is 2.47. The molecule has 1 aromatic carbocycles. The van der Waals surface area contributed by atoms with Crippen molar-refractivity contribution < 1.29 is 9.63 Å². The van der Waals surface area contributed by atoms with Crippen molar-refractivity contribution in [3.8, 4) is 0 Å². The third-order valence-electron chi connectivity index (χ3n) is 3.59. The lowest BCUT2D eigenvalue weighted by Gasteiger charge is -2.15. The van der Waals surface area contributed by atoms with E-state index in [1.54, 1.807) is 0 Å². The largest absolute Gasteiger partial charge is 0.339 e. The van der Waals surface area contributed by atoms with Crippen LogP contribution in [0.1, 0.15) is 35.5 Å². The molecule has 6 nitrogen and oxygen atoms in total. The maximum absolute atomic E-state index is 11.9. The first-order valence-corrected chi connectivity index (χ1v) is 7.21. The molecule has 118 valence electrons. The van der Waals surface area contributed by atoms with Gasteiger partial charge in [0.15, 0.2) is 0 Å². The van der Waals surface area contributed by atoms with Crippen molar-refractivity contribution in [2.24, 2.45) is 7.05 Å². The van der Waals surface area contributed by atoms with Crippen LogP contribution in [-0.2, 0) is 18.5 Å². The number of nitrogens with zero attached hydrogens (tertiary/aromatic N) is 2. The average molecular weight is 302 g/mol. The normalized spacial score (nSPS) is 12.0. The van der Waals surface area contributed by atoms with Gasteiger partial charge in [-0.15, -0.1) is 0 Å². The number of urea groups is 1. The number of aryl methyl sites for hydroxylation is 2. The number of hydrogen-bond acceptors (Lipinski definition) is 3. The van der Waals surface area contributed by atoms with Crippen molar-refractivity contribution in [3.05, 3.63) is 52.8 Å². The van der Waals surface area contributed by atoms with Crippen LogP contribution in [-0.4, -0.2) is 15.8 Å². The summed E-state index contributed by atoms with van der Waals surface area (Å²) in [6.45, 7) is 6.17. The van der Waals surface area contributed by atoms with Gasteiger partial charge in [0, 0.05) is 18.3 Å². The van der Waals surface area contributed by atoms with E-state index >= 15 is 0 Å². The van der Waals surface area contributed by atoms with Gasteiger partial charge in [0.25, 0.3) is 0 Å². The molecule has 1 aromatic heterocycles. The van der Waals surface area contributed by atoms with Gasteiger partial charge in [-0.2, -0.15) is 5.10 Å². The first kappa shape index (κ1) is 16.0. The van der Waals surface area contributed by atoms with Gasteiger partial charge in [-0.3, -0.25) is 9.52 Å². The highest BCUT2D eigenvalue weighted by atomic mass is 16.7. The lowest BCUT2D eigenvalue weighted by molar-refractivity contribution is 0.0483. The minimum atomic E-state index is -0.369. The number of carbonyl (C=O) groups is 1. The van der Waals surface area contributed by atoms with Crippen LogP contribution in [0.3, 0.4) is 0 Å². The Bertz CT molecular complexity index is 637. The van der Waals surface area contributed by atoms with Crippen molar-refractivity contribution in [1.29, 1.82) is 0 Å². The molecule has 0 fully saturated rings. The summed E-state index contributed by atoms with van der Waals surface area (Å²) in [6.07, 6.45) is 0. The zero-order valence-corrected chi connectivity index (χ0v) is 13.4. The summed E-state index contributed by atoms with van der Waals surface area (Å²) in [5.74, 6) is 0. The van der Waals surface area contributed by atoms with Gasteiger partial charge >= 0.3 is 6.03 Å². The fraction of sp³-hybridized carbons (Fsp3) is 0.375. The summed E-state index contributed by atoms with van der Waals surface area (Å²) in [5.41, 5.74) is 6.38. The Hall–Kier alpha value is -2.34. The third-order valence-corrected chi connectivity index (χ3v) is 3.59. The molecule has 0 aliphatic carbocycles. The van der Waals surface area contributed by atoms with E-state index in [1.165, 1.54) is 0 Å². The van der Waals surface area contributed by atoms with Crippen LogP contribution in [0.5, 0.6) is 0 Å². The molecule has 6 heteroatoms. The molecule has 0 bridgehead atoms. The number of benzene rings is 1. The van der Waals surface area contributed by atoms with E-state index in [9.17, 15) is 4.79 Å². The zero-order chi connectivity index (χ0) is 16.1. The molecule has 22 heavy (non-hydrogen) atoms. The number of nitrogens with one attached hydrogen (secondary N) is 2. The lowest BCUT2D eigenvalue weighted by atomic mass is 10.1. The second kappa shape index (κ2) is 7.09. The predicted octanol–water partition coefficient (Wildman–Crippen LogP) is 2.53. The van der Waals surface area contributed by atoms with Crippen LogP contribution >= 0.6 is 0 Å². The van der Waals surface area contributed by atoms with Gasteiger partial charge in [0.1, 0.15) is 0 Å². The second-order valence-corrected chi connectivity index (χ2v) is 5.28. The highest BCUT2D eigenvalue weighted by molar-refractivity contribution is 5.73. The molecule has 0 saturated carbocycles. The van der Waals surface area contributed by atoms with Crippen molar-refractivity contribution in [2.45, 2.75) is 33.4 Å². The van der Waals surface area contributed by atoms with Crippen molar-refractivity contribution in [3.63, 3.8) is 0 Å². The molecular weight excluding hydrogens is 280 g/mol. The van der Waals surface area contributed by atoms with E-state index in [0.29, 0.717) is 6.61 Å². The van der Waals surface area contributed by atoms with Crippen LogP contribution < -0.4 is 10.8 Å². The first-order valence-electron chi connectivity index (χ1n) is 7.21. The smallest absolute Gasteiger partial charge is 0.330 e. The van der Waals surface area contributed by atoms with Gasteiger partial charge in [0.2, 0.25) is 0 Å². The highest BCUT2D eigenvalue weighted by Crippen LogP contribution is 2.20. The van der Waals surface area contributed by atoms with Crippen LogP contribution in [0.4, 0.5) is 4.79 Å². The molecule has 0 aliphatic heterocycles. The quantitative estimate of drug-likeness (QED) is 0.834. The van der Waals surface area contributed by atoms with Crippen molar-refractivity contribution >= 4 is 6.03 Å². The number of hydrogen-bond donors (Lipinski definition) is 2.